The summed E-state index contributed by atoms with van der Waals surface area (Å²) in [6, 6.07) is -0.309. The van der Waals surface area contributed by atoms with Crippen molar-refractivity contribution in [1.82, 2.24) is 4.90 Å². The van der Waals surface area contributed by atoms with E-state index in [-0.39, 0.29) is 31.7 Å². The lowest BCUT2D eigenvalue weighted by molar-refractivity contribution is -0.301. The minimum absolute atomic E-state index is 0.0107. The Bertz CT molecular complexity index is 1620. The van der Waals surface area contributed by atoms with Crippen molar-refractivity contribution in [3.8, 4) is 0 Å². The van der Waals surface area contributed by atoms with Gasteiger partial charge in [-0.1, -0.05) is 34.6 Å². The van der Waals surface area contributed by atoms with Crippen molar-refractivity contribution in [1.29, 1.82) is 0 Å². The molecule has 3 saturated heterocycles. The van der Waals surface area contributed by atoms with Crippen LogP contribution >= 0.6 is 0 Å². The third kappa shape index (κ3) is 5.60. The van der Waals surface area contributed by atoms with Crippen LogP contribution in [-0.4, -0.2) is 132 Å². The van der Waals surface area contributed by atoms with E-state index < -0.39 is 124 Å². The average Bonchev–Trinajstić information content (AvgIpc) is 3.40. The standard InChI is InChI=1S/C41H63NO14/c1-10-20(4)34(46)55-33-28(45)27-23(18-42-17-19(3)12-13-25(42)38(27,9)49)24-16-39-32(40(24,33)50)30(53-22(6)44)29(52-21(5)43)31-36(39,7)15-14-26(41(31,51)56-39)54-35(47)37(8,48)11-2/h19-20,23-33,45,48-51H,10-18H2,1-9H3/t19-,20-,23+,24-,25+,26-,27-,28+,29+,30+,31+,32+,33+,36-,37+,38+,39-,40-,41-/m0/s1. The minimum Gasteiger partial charge on any atom is -0.458 e. The highest BCUT2D eigenvalue weighted by Crippen LogP contribution is 2.78. The maximum Gasteiger partial charge on any atom is 0.338 e. The Balaban J connectivity index is 1.45. The Hall–Kier alpha value is -2.40. The van der Waals surface area contributed by atoms with Gasteiger partial charge in [-0.3, -0.25) is 19.3 Å². The van der Waals surface area contributed by atoms with E-state index in [0.29, 0.717) is 31.8 Å². The normalized spacial score (nSPS) is 50.5. The van der Waals surface area contributed by atoms with Crippen molar-refractivity contribution in [2.75, 3.05) is 13.1 Å². The molecule has 0 aromatic heterocycles. The number of nitrogens with zero attached hydrogens (tertiary/aromatic N) is 1. The van der Waals surface area contributed by atoms with Gasteiger partial charge in [-0.25, -0.2) is 4.79 Å². The topological polar surface area (TPSA) is 219 Å². The Labute approximate surface area is 328 Å². The average molecular weight is 794 g/mol. The maximum absolute atomic E-state index is 13.9. The summed E-state index contributed by atoms with van der Waals surface area (Å²) in [6.07, 6.45) is -5.31. The number of rotatable bonds is 8. The number of esters is 4. The van der Waals surface area contributed by atoms with Crippen LogP contribution in [0.1, 0.15) is 107 Å². The zero-order valence-corrected chi connectivity index (χ0v) is 34.2. The Kier molecular flexibility index (Phi) is 10.1. The molecule has 15 nitrogen and oxygen atoms in total. The molecule has 4 aliphatic carbocycles. The second-order valence-electron chi connectivity index (χ2n) is 19.2. The molecule has 4 bridgehead atoms. The van der Waals surface area contributed by atoms with Crippen LogP contribution in [0.15, 0.2) is 0 Å². The predicted molar refractivity (Wildman–Crippen MR) is 195 cm³/mol. The fraction of sp³-hybridized carbons (Fsp3) is 0.902. The van der Waals surface area contributed by atoms with Gasteiger partial charge in [-0.05, 0) is 76.5 Å². The SMILES string of the molecule is CC[C@H](C)C(=O)O[C@@H]1[C@H](O)[C@@H]2[C@H](CN3C[C@@H](C)CC[C@@H]3[C@@]2(C)O)[C@@H]2C[C@@]34O[C@@]5(O)[C@@H](OC(=O)[C@](C)(O)CC)CC[C@@]3(C)[C@H]5[C@H](OC(C)=O)[C@@H](OC(C)=O)[C@H]4[C@]12O. The quantitative estimate of drug-likeness (QED) is 0.174. The molecular weight excluding hydrogens is 730 g/mol. The lowest BCUT2D eigenvalue weighted by atomic mass is 9.48. The van der Waals surface area contributed by atoms with Crippen LogP contribution in [0.2, 0.25) is 0 Å². The Morgan fingerprint density at radius 3 is 2.14 bits per heavy atom. The fourth-order valence-electron chi connectivity index (χ4n) is 13.1. The molecule has 316 valence electrons. The van der Waals surface area contributed by atoms with E-state index in [4.69, 9.17) is 23.7 Å². The minimum atomic E-state index is -2.38. The lowest BCUT2D eigenvalue weighted by Gasteiger charge is -2.64. The molecular formula is C41H63NO14. The summed E-state index contributed by atoms with van der Waals surface area (Å²) in [6.45, 7) is 15.5. The predicted octanol–water partition coefficient (Wildman–Crippen LogP) is 1.61. The van der Waals surface area contributed by atoms with Gasteiger partial charge in [0.15, 0.2) is 17.8 Å². The molecule has 3 heterocycles. The number of aliphatic hydroxyl groups excluding tert-OH is 1. The second-order valence-corrected chi connectivity index (χ2v) is 19.2. The first-order chi connectivity index (χ1) is 26.0. The maximum atomic E-state index is 13.9. The van der Waals surface area contributed by atoms with Gasteiger partial charge in [-0.15, -0.1) is 0 Å². The molecule has 1 spiro atoms. The van der Waals surface area contributed by atoms with Gasteiger partial charge in [0, 0.05) is 44.3 Å². The number of fused-ring (bicyclic) bond motifs is 5. The molecule has 7 fully saturated rings. The molecule has 0 radical (unpaired) electrons. The van der Waals surface area contributed by atoms with E-state index in [0.717, 1.165) is 6.42 Å². The van der Waals surface area contributed by atoms with E-state index in [9.17, 15) is 44.7 Å². The first-order valence-electron chi connectivity index (χ1n) is 20.7. The smallest absolute Gasteiger partial charge is 0.338 e. The van der Waals surface area contributed by atoms with Crippen LogP contribution in [0.5, 0.6) is 0 Å². The van der Waals surface area contributed by atoms with Crippen LogP contribution in [0, 0.1) is 46.8 Å². The summed E-state index contributed by atoms with van der Waals surface area (Å²) < 4.78 is 31.3. The van der Waals surface area contributed by atoms with Crippen LogP contribution in [-0.2, 0) is 42.9 Å². The van der Waals surface area contributed by atoms with E-state index in [1.54, 1.807) is 20.8 Å². The molecule has 0 aromatic rings. The van der Waals surface area contributed by atoms with Crippen molar-refractivity contribution in [2.45, 2.75) is 172 Å². The molecule has 7 aliphatic rings. The third-order valence-electron chi connectivity index (χ3n) is 16.0. The van der Waals surface area contributed by atoms with Gasteiger partial charge in [-0.2, -0.15) is 0 Å². The molecule has 0 aromatic carbocycles. The molecule has 19 atom stereocenters. The summed E-state index contributed by atoms with van der Waals surface area (Å²) in [4.78, 5) is 55.6. The highest BCUT2D eigenvalue weighted by Gasteiger charge is 2.90. The van der Waals surface area contributed by atoms with Crippen molar-refractivity contribution >= 4 is 23.9 Å². The van der Waals surface area contributed by atoms with Crippen molar-refractivity contribution in [3.05, 3.63) is 0 Å². The Morgan fingerprint density at radius 1 is 0.929 bits per heavy atom. The molecule has 3 aliphatic heterocycles. The summed E-state index contributed by atoms with van der Waals surface area (Å²) in [5, 5.41) is 62.9. The van der Waals surface area contributed by atoms with Gasteiger partial charge >= 0.3 is 23.9 Å². The van der Waals surface area contributed by atoms with Crippen LogP contribution < -0.4 is 0 Å². The number of piperidine rings is 2. The first-order valence-corrected chi connectivity index (χ1v) is 20.7. The van der Waals surface area contributed by atoms with E-state index in [2.05, 4.69) is 11.8 Å². The number of ether oxygens (including phenoxy) is 5. The van der Waals surface area contributed by atoms with Crippen molar-refractivity contribution in [2.24, 2.45) is 46.8 Å². The molecule has 5 N–H and O–H groups in total. The first kappa shape index (κ1) is 41.7. The molecule has 0 amide bonds. The van der Waals surface area contributed by atoms with Crippen LogP contribution in [0.4, 0.5) is 0 Å². The number of hydrogen-bond donors (Lipinski definition) is 5. The van der Waals surface area contributed by atoms with Gasteiger partial charge < -0.3 is 49.2 Å². The number of hydrogen-bond acceptors (Lipinski definition) is 15. The molecule has 7 rings (SSSR count). The van der Waals surface area contributed by atoms with E-state index >= 15 is 0 Å². The summed E-state index contributed by atoms with van der Waals surface area (Å²) in [7, 11) is 0. The number of carbonyl (C=O) groups is 4. The molecule has 4 saturated carbocycles. The zero-order chi connectivity index (χ0) is 41.3. The van der Waals surface area contributed by atoms with Crippen molar-refractivity contribution in [3.63, 3.8) is 0 Å². The summed E-state index contributed by atoms with van der Waals surface area (Å²) in [5.41, 5.74) is -8.37. The fourth-order valence-corrected chi connectivity index (χ4v) is 13.1. The lowest BCUT2D eigenvalue weighted by Crippen LogP contribution is -2.78. The summed E-state index contributed by atoms with van der Waals surface area (Å²) >= 11 is 0. The van der Waals surface area contributed by atoms with E-state index in [1.807, 2.05) is 13.8 Å². The second kappa shape index (κ2) is 13.6. The van der Waals surface area contributed by atoms with Crippen LogP contribution in [0.25, 0.3) is 0 Å². The van der Waals surface area contributed by atoms with E-state index in [1.165, 1.54) is 20.8 Å². The van der Waals surface area contributed by atoms with Gasteiger partial charge in [0.2, 0.25) is 5.79 Å². The van der Waals surface area contributed by atoms with Gasteiger partial charge in [0.05, 0.1) is 35.1 Å². The summed E-state index contributed by atoms with van der Waals surface area (Å²) in [5.74, 6) is -10.8. The van der Waals surface area contributed by atoms with Crippen LogP contribution in [0.3, 0.4) is 0 Å². The monoisotopic (exact) mass is 793 g/mol. The number of carbonyl (C=O) groups excluding carboxylic acids is 4. The molecule has 0 unspecified atom stereocenters. The van der Waals surface area contributed by atoms with Crippen molar-refractivity contribution < 1.29 is 68.4 Å². The molecule has 15 heteroatoms. The molecule has 56 heavy (non-hydrogen) atoms. The third-order valence-corrected chi connectivity index (χ3v) is 16.0. The largest absolute Gasteiger partial charge is 0.458 e. The highest BCUT2D eigenvalue weighted by molar-refractivity contribution is 5.79. The number of aliphatic hydroxyl groups is 5. The zero-order valence-electron chi connectivity index (χ0n) is 34.2. The van der Waals surface area contributed by atoms with Gasteiger partial charge in [0.1, 0.15) is 17.8 Å². The highest BCUT2D eigenvalue weighted by atomic mass is 16.7. The Morgan fingerprint density at radius 2 is 1.55 bits per heavy atom. The van der Waals surface area contributed by atoms with Gasteiger partial charge in [0.25, 0.3) is 0 Å².